The number of hydrogen-bond donors (Lipinski definition) is 0. The molecule has 0 aliphatic heterocycles. The third kappa shape index (κ3) is 3.21. The van der Waals surface area contributed by atoms with Crippen molar-refractivity contribution in [1.29, 1.82) is 0 Å². The van der Waals surface area contributed by atoms with Crippen LogP contribution in [0.1, 0.15) is 16.1 Å². The maximum atomic E-state index is 12.1. The number of halogens is 5. The second kappa shape index (κ2) is 5.17. The molecular formula is C8H4ClF3INO2. The molecule has 0 saturated carbocycles. The summed E-state index contributed by atoms with van der Waals surface area (Å²) in [6, 6.07) is 0. The first-order chi connectivity index (χ1) is 7.39. The van der Waals surface area contributed by atoms with Gasteiger partial charge in [0.1, 0.15) is 0 Å². The number of aldehydes is 1. The Morgan fingerprint density at radius 2 is 2.19 bits per heavy atom. The van der Waals surface area contributed by atoms with Crippen LogP contribution in [-0.2, 0) is 5.88 Å². The van der Waals surface area contributed by atoms with E-state index in [0.717, 1.165) is 6.20 Å². The molecule has 8 heteroatoms. The van der Waals surface area contributed by atoms with Gasteiger partial charge < -0.3 is 4.74 Å². The fraction of sp³-hybridized carbons (Fsp3) is 0.250. The summed E-state index contributed by atoms with van der Waals surface area (Å²) in [4.78, 5) is 14.3. The van der Waals surface area contributed by atoms with Crippen molar-refractivity contribution in [3.63, 3.8) is 0 Å². The Bertz CT molecular complexity index is 411. The number of alkyl halides is 4. The van der Waals surface area contributed by atoms with E-state index < -0.39 is 12.1 Å². The molecule has 0 aliphatic rings. The molecule has 1 rings (SSSR count). The van der Waals surface area contributed by atoms with Crippen molar-refractivity contribution in [2.24, 2.45) is 0 Å². The zero-order valence-corrected chi connectivity index (χ0v) is 10.4. The van der Waals surface area contributed by atoms with Crippen LogP contribution in [-0.4, -0.2) is 17.6 Å². The lowest BCUT2D eigenvalue weighted by Gasteiger charge is -2.13. The molecule has 0 saturated heterocycles. The molecule has 0 fully saturated rings. The molecule has 0 aliphatic carbocycles. The summed E-state index contributed by atoms with van der Waals surface area (Å²) in [5.41, 5.74) is -0.0392. The zero-order valence-electron chi connectivity index (χ0n) is 7.52. The van der Waals surface area contributed by atoms with Gasteiger partial charge in [0.15, 0.2) is 12.0 Å². The Hall–Kier alpha value is -0.570. The number of nitrogens with zero attached hydrogens (tertiary/aromatic N) is 1. The Labute approximate surface area is 107 Å². The van der Waals surface area contributed by atoms with Gasteiger partial charge in [-0.05, 0) is 22.6 Å². The maximum Gasteiger partial charge on any atom is 0.573 e. The number of aromatic nitrogens is 1. The molecule has 0 radical (unpaired) electrons. The quantitative estimate of drug-likeness (QED) is 0.469. The topological polar surface area (TPSA) is 39.2 Å². The van der Waals surface area contributed by atoms with Crippen LogP contribution in [0.4, 0.5) is 13.2 Å². The van der Waals surface area contributed by atoms with Crippen molar-refractivity contribution in [2.75, 3.05) is 0 Å². The van der Waals surface area contributed by atoms with Gasteiger partial charge in [-0.3, -0.25) is 9.78 Å². The van der Waals surface area contributed by atoms with E-state index in [0.29, 0.717) is 0 Å². The Kier molecular flexibility index (Phi) is 4.36. The van der Waals surface area contributed by atoms with Gasteiger partial charge in [-0.2, -0.15) is 0 Å². The highest BCUT2D eigenvalue weighted by Gasteiger charge is 2.33. The fourth-order valence-electron chi connectivity index (χ4n) is 0.917. The molecule has 88 valence electrons. The van der Waals surface area contributed by atoms with Crippen molar-refractivity contribution in [2.45, 2.75) is 12.2 Å². The van der Waals surface area contributed by atoms with Crippen molar-refractivity contribution < 1.29 is 22.7 Å². The van der Waals surface area contributed by atoms with Crippen LogP contribution in [0.3, 0.4) is 0 Å². The molecule has 1 heterocycles. The lowest BCUT2D eigenvalue weighted by Crippen LogP contribution is -2.19. The largest absolute Gasteiger partial charge is 0.573 e. The lowest BCUT2D eigenvalue weighted by molar-refractivity contribution is -0.275. The van der Waals surface area contributed by atoms with Gasteiger partial charge >= 0.3 is 6.36 Å². The summed E-state index contributed by atoms with van der Waals surface area (Å²) < 4.78 is 40.1. The number of carbonyl (C=O) groups excluding carboxylic acids is 1. The summed E-state index contributed by atoms with van der Waals surface area (Å²) in [5.74, 6) is -0.625. The first-order valence-corrected chi connectivity index (χ1v) is 5.44. The zero-order chi connectivity index (χ0) is 12.3. The van der Waals surface area contributed by atoms with Gasteiger partial charge in [-0.1, -0.05) is 0 Å². The Morgan fingerprint density at radius 1 is 1.56 bits per heavy atom. The Balaban J connectivity index is 3.26. The van der Waals surface area contributed by atoms with E-state index in [2.05, 4.69) is 9.72 Å². The molecule has 0 spiro atoms. The highest BCUT2D eigenvalue weighted by atomic mass is 127. The predicted molar refractivity (Wildman–Crippen MR) is 58.6 cm³/mol. The second-order valence-electron chi connectivity index (χ2n) is 2.60. The number of carbonyl (C=O) groups is 1. The first kappa shape index (κ1) is 13.5. The first-order valence-electron chi connectivity index (χ1n) is 3.83. The summed E-state index contributed by atoms with van der Waals surface area (Å²) in [6.45, 7) is 0. The summed E-state index contributed by atoms with van der Waals surface area (Å²) >= 11 is 7.08. The molecule has 1 aromatic heterocycles. The van der Waals surface area contributed by atoms with Gasteiger partial charge in [-0.25, -0.2) is 0 Å². The van der Waals surface area contributed by atoms with E-state index in [1.54, 1.807) is 22.6 Å². The summed E-state index contributed by atoms with van der Waals surface area (Å²) in [5, 5.41) is 0. The minimum Gasteiger partial charge on any atom is -0.404 e. The molecule has 1 aromatic rings. The van der Waals surface area contributed by atoms with Crippen LogP contribution in [0.15, 0.2) is 6.20 Å². The minimum absolute atomic E-state index is 0.0639. The molecule has 0 amide bonds. The molecule has 0 bridgehead atoms. The van der Waals surface area contributed by atoms with E-state index in [4.69, 9.17) is 11.6 Å². The normalized spacial score (nSPS) is 11.3. The van der Waals surface area contributed by atoms with Crippen LogP contribution < -0.4 is 4.74 Å². The van der Waals surface area contributed by atoms with E-state index in [9.17, 15) is 18.0 Å². The monoisotopic (exact) mass is 365 g/mol. The third-order valence-electron chi connectivity index (χ3n) is 1.55. The second-order valence-corrected chi connectivity index (χ2v) is 3.95. The maximum absolute atomic E-state index is 12.1. The number of pyridine rings is 1. The average Bonchev–Trinajstić information content (AvgIpc) is 2.19. The van der Waals surface area contributed by atoms with E-state index in [-0.39, 0.29) is 27.0 Å². The van der Waals surface area contributed by atoms with Crippen LogP contribution in [0.5, 0.6) is 5.75 Å². The number of ether oxygens (including phenoxy) is 1. The van der Waals surface area contributed by atoms with Gasteiger partial charge in [0.25, 0.3) is 0 Å². The molecule has 0 N–H and O–H groups in total. The van der Waals surface area contributed by atoms with Crippen LogP contribution in [0.2, 0.25) is 0 Å². The van der Waals surface area contributed by atoms with Crippen LogP contribution in [0.25, 0.3) is 0 Å². The van der Waals surface area contributed by atoms with Crippen LogP contribution >= 0.6 is 34.2 Å². The summed E-state index contributed by atoms with van der Waals surface area (Å²) in [7, 11) is 0. The highest BCUT2D eigenvalue weighted by molar-refractivity contribution is 14.1. The molecule has 0 aromatic carbocycles. The van der Waals surface area contributed by atoms with Gasteiger partial charge in [0.05, 0.1) is 20.7 Å². The smallest absolute Gasteiger partial charge is 0.404 e. The van der Waals surface area contributed by atoms with Crippen molar-refractivity contribution in [1.82, 2.24) is 4.98 Å². The van der Waals surface area contributed by atoms with E-state index >= 15 is 0 Å². The van der Waals surface area contributed by atoms with Gasteiger partial charge in [-0.15, -0.1) is 24.8 Å². The molecule has 0 atom stereocenters. The third-order valence-corrected chi connectivity index (χ3v) is 2.91. The molecule has 16 heavy (non-hydrogen) atoms. The number of hydrogen-bond acceptors (Lipinski definition) is 3. The van der Waals surface area contributed by atoms with Gasteiger partial charge in [0, 0.05) is 6.20 Å². The fourth-order valence-corrected chi connectivity index (χ4v) is 2.10. The standard InChI is InChI=1S/C8H4ClF3INO2/c9-1-5-6(13)7(16-8(10,11)12)4(3-15)2-14-5/h2-3H,1H2. The molecule has 3 nitrogen and oxygen atoms in total. The minimum atomic E-state index is -4.86. The van der Waals surface area contributed by atoms with E-state index in [1.165, 1.54) is 0 Å². The van der Waals surface area contributed by atoms with Crippen molar-refractivity contribution >= 4 is 40.5 Å². The van der Waals surface area contributed by atoms with Crippen molar-refractivity contribution in [3.05, 3.63) is 21.0 Å². The van der Waals surface area contributed by atoms with Gasteiger partial charge in [0.2, 0.25) is 0 Å². The summed E-state index contributed by atoms with van der Waals surface area (Å²) in [6.07, 6.45) is -3.62. The SMILES string of the molecule is O=Cc1cnc(CCl)c(I)c1OC(F)(F)F. The lowest BCUT2D eigenvalue weighted by atomic mass is 10.2. The van der Waals surface area contributed by atoms with Crippen molar-refractivity contribution in [3.8, 4) is 5.75 Å². The number of rotatable bonds is 3. The van der Waals surface area contributed by atoms with Crippen LogP contribution in [0, 0.1) is 3.57 Å². The predicted octanol–water partition coefficient (Wildman–Crippen LogP) is 3.14. The highest BCUT2D eigenvalue weighted by Crippen LogP contribution is 2.32. The molecular weight excluding hydrogens is 361 g/mol. The Morgan fingerprint density at radius 3 is 2.62 bits per heavy atom. The average molecular weight is 365 g/mol. The van der Waals surface area contributed by atoms with E-state index in [1.807, 2.05) is 0 Å². The molecule has 0 unspecified atom stereocenters.